The van der Waals surface area contributed by atoms with Gasteiger partial charge in [0.1, 0.15) is 11.3 Å². The van der Waals surface area contributed by atoms with Gasteiger partial charge < -0.3 is 20.3 Å². The van der Waals surface area contributed by atoms with Crippen LogP contribution in [0.4, 0.5) is 9.52 Å². The quantitative estimate of drug-likeness (QED) is 0.704. The second kappa shape index (κ2) is 8.91. The zero-order valence-corrected chi connectivity index (χ0v) is 18.4. The van der Waals surface area contributed by atoms with Gasteiger partial charge >= 0.3 is 0 Å². The number of amides is 2. The van der Waals surface area contributed by atoms with Crippen molar-refractivity contribution in [2.24, 2.45) is 5.92 Å². The summed E-state index contributed by atoms with van der Waals surface area (Å²) in [4.78, 5) is 31.2. The Hall–Kier alpha value is -2.17. The zero-order valence-electron chi connectivity index (χ0n) is 16.8. The minimum atomic E-state index is -0.586. The summed E-state index contributed by atoms with van der Waals surface area (Å²) in [6.07, 6.45) is 3.44. The molecule has 1 saturated heterocycles. The number of aryl methyl sites for hydroxylation is 1. The number of aromatic nitrogens is 1. The highest BCUT2D eigenvalue weighted by Gasteiger charge is 2.31. The number of nitrogens with zero attached hydrogens (tertiary/aromatic N) is 2. The summed E-state index contributed by atoms with van der Waals surface area (Å²) in [5.41, 5.74) is 0.627. The van der Waals surface area contributed by atoms with Gasteiger partial charge in [-0.2, -0.15) is 0 Å². The molecule has 0 radical (unpaired) electrons. The Morgan fingerprint density at radius 3 is 2.77 bits per heavy atom. The molecule has 0 spiro atoms. The van der Waals surface area contributed by atoms with Crippen molar-refractivity contribution in [1.82, 2.24) is 15.2 Å². The van der Waals surface area contributed by atoms with Crippen LogP contribution >= 0.6 is 23.1 Å². The van der Waals surface area contributed by atoms with Gasteiger partial charge in [-0.25, -0.2) is 9.37 Å². The number of thiazole rings is 1. The Balaban J connectivity index is 1.59. The number of anilines is 1. The summed E-state index contributed by atoms with van der Waals surface area (Å²) in [5.74, 6) is -0.646. The highest BCUT2D eigenvalue weighted by Crippen LogP contribution is 2.41. The number of carbonyl (C=O) groups is 2. The normalized spacial score (nSPS) is 16.4. The number of piperazine rings is 1. The van der Waals surface area contributed by atoms with Crippen LogP contribution in [0.15, 0.2) is 21.4 Å². The predicted octanol–water partition coefficient (Wildman–Crippen LogP) is 3.14. The molecule has 1 aromatic heterocycles. The van der Waals surface area contributed by atoms with E-state index in [0.717, 1.165) is 17.1 Å². The van der Waals surface area contributed by atoms with Crippen molar-refractivity contribution >= 4 is 40.0 Å². The smallest absolute Gasteiger partial charge is 0.260 e. The van der Waals surface area contributed by atoms with E-state index in [0.29, 0.717) is 41.8 Å². The van der Waals surface area contributed by atoms with E-state index in [-0.39, 0.29) is 29.0 Å². The van der Waals surface area contributed by atoms with Crippen LogP contribution in [0.3, 0.4) is 0 Å². The maximum Gasteiger partial charge on any atom is 0.260 e. The van der Waals surface area contributed by atoms with E-state index in [1.54, 1.807) is 24.1 Å². The van der Waals surface area contributed by atoms with E-state index in [1.165, 1.54) is 30.2 Å². The first-order chi connectivity index (χ1) is 14.5. The zero-order chi connectivity index (χ0) is 21.3. The number of rotatable bonds is 6. The second-order valence-corrected chi connectivity index (χ2v) is 9.65. The van der Waals surface area contributed by atoms with Gasteiger partial charge in [0.05, 0.1) is 22.4 Å². The van der Waals surface area contributed by atoms with Crippen LogP contribution in [-0.2, 0) is 4.79 Å². The SMILES string of the molecule is COc1cc(C)c(Sc2cnc(NC(=O)C3CC3)s2)c(F)c1C(=O)N1CCNCC1. The highest BCUT2D eigenvalue weighted by molar-refractivity contribution is 8.01. The lowest BCUT2D eigenvalue weighted by molar-refractivity contribution is -0.117. The van der Waals surface area contributed by atoms with Crippen molar-refractivity contribution in [3.63, 3.8) is 0 Å². The fraction of sp³-hybridized carbons (Fsp3) is 0.450. The molecule has 1 saturated carbocycles. The molecular weight excluding hydrogens is 427 g/mol. The van der Waals surface area contributed by atoms with E-state index in [4.69, 9.17) is 4.74 Å². The molecule has 1 aliphatic carbocycles. The van der Waals surface area contributed by atoms with Crippen molar-refractivity contribution in [3.8, 4) is 5.75 Å². The van der Waals surface area contributed by atoms with Crippen LogP contribution in [0.25, 0.3) is 0 Å². The number of benzene rings is 1. The Morgan fingerprint density at radius 2 is 2.10 bits per heavy atom. The fourth-order valence-corrected chi connectivity index (χ4v) is 5.18. The van der Waals surface area contributed by atoms with Gasteiger partial charge in [-0.05, 0) is 31.4 Å². The summed E-state index contributed by atoms with van der Waals surface area (Å²) in [5, 5.41) is 6.49. The van der Waals surface area contributed by atoms with Crippen molar-refractivity contribution in [2.75, 3.05) is 38.6 Å². The van der Waals surface area contributed by atoms with E-state index < -0.39 is 5.82 Å². The molecule has 160 valence electrons. The van der Waals surface area contributed by atoms with E-state index in [1.807, 2.05) is 0 Å². The van der Waals surface area contributed by atoms with Gasteiger partial charge in [0.25, 0.3) is 5.91 Å². The maximum atomic E-state index is 15.6. The van der Waals surface area contributed by atoms with E-state index in [2.05, 4.69) is 15.6 Å². The van der Waals surface area contributed by atoms with E-state index in [9.17, 15) is 9.59 Å². The molecule has 30 heavy (non-hydrogen) atoms. The first-order valence-corrected chi connectivity index (χ1v) is 11.4. The third-order valence-corrected chi connectivity index (χ3v) is 7.29. The van der Waals surface area contributed by atoms with Gasteiger partial charge in [-0.3, -0.25) is 9.59 Å². The second-order valence-electron chi connectivity index (χ2n) is 7.31. The lowest BCUT2D eigenvalue weighted by Crippen LogP contribution is -2.46. The van der Waals surface area contributed by atoms with Crippen LogP contribution in [0.2, 0.25) is 0 Å². The maximum absolute atomic E-state index is 15.6. The van der Waals surface area contributed by atoms with Gasteiger partial charge in [0.2, 0.25) is 5.91 Å². The summed E-state index contributed by atoms with van der Waals surface area (Å²) < 4.78 is 21.6. The molecule has 7 nitrogen and oxygen atoms in total. The Morgan fingerprint density at radius 1 is 1.37 bits per heavy atom. The first kappa shape index (κ1) is 21.1. The molecule has 1 aliphatic heterocycles. The molecule has 1 aromatic carbocycles. The summed E-state index contributed by atoms with van der Waals surface area (Å²) >= 11 is 2.49. The van der Waals surface area contributed by atoms with Crippen LogP contribution in [0.1, 0.15) is 28.8 Å². The number of hydrogen-bond donors (Lipinski definition) is 2. The minimum absolute atomic E-state index is 0.0170. The third-order valence-electron chi connectivity index (χ3n) is 5.07. The van der Waals surface area contributed by atoms with Gasteiger partial charge in [-0.15, -0.1) is 0 Å². The monoisotopic (exact) mass is 450 g/mol. The summed E-state index contributed by atoms with van der Waals surface area (Å²) in [6.45, 7) is 4.19. The Kier molecular flexibility index (Phi) is 6.26. The predicted molar refractivity (Wildman–Crippen MR) is 114 cm³/mol. The topological polar surface area (TPSA) is 83.6 Å². The van der Waals surface area contributed by atoms with Crippen molar-refractivity contribution in [2.45, 2.75) is 28.9 Å². The molecule has 2 heterocycles. The number of ether oxygens (including phenoxy) is 1. The molecule has 0 atom stereocenters. The first-order valence-electron chi connectivity index (χ1n) is 9.79. The van der Waals surface area contributed by atoms with Crippen LogP contribution < -0.4 is 15.4 Å². The van der Waals surface area contributed by atoms with Gasteiger partial charge in [-0.1, -0.05) is 23.1 Å². The third kappa shape index (κ3) is 4.45. The Bertz CT molecular complexity index is 971. The Labute approximate surface area is 182 Å². The van der Waals surface area contributed by atoms with Crippen LogP contribution in [0, 0.1) is 18.7 Å². The summed E-state index contributed by atoms with van der Waals surface area (Å²) in [7, 11) is 1.44. The van der Waals surface area contributed by atoms with Crippen LogP contribution in [0.5, 0.6) is 5.75 Å². The molecule has 2 amide bonds. The standard InChI is InChI=1S/C20H23FN4O3S2/c1-11-9-13(28-2)15(19(27)25-7-5-22-6-8-25)16(21)17(11)29-14-10-23-20(30-14)24-18(26)12-3-4-12/h9-10,12,22H,3-8H2,1-2H3,(H,23,24,26). The number of hydrogen-bond acceptors (Lipinski definition) is 7. The average Bonchev–Trinajstić information content (AvgIpc) is 3.52. The molecule has 10 heteroatoms. The molecule has 2 aromatic rings. The van der Waals surface area contributed by atoms with Crippen molar-refractivity contribution in [3.05, 3.63) is 29.2 Å². The molecule has 2 fully saturated rings. The lowest BCUT2D eigenvalue weighted by atomic mass is 10.1. The molecule has 0 unspecified atom stereocenters. The summed E-state index contributed by atoms with van der Waals surface area (Å²) in [6, 6.07) is 1.69. The average molecular weight is 451 g/mol. The highest BCUT2D eigenvalue weighted by atomic mass is 32.2. The molecule has 0 bridgehead atoms. The molecule has 2 N–H and O–H groups in total. The fourth-order valence-electron chi connectivity index (χ4n) is 3.26. The van der Waals surface area contributed by atoms with E-state index >= 15 is 4.39 Å². The molecule has 2 aliphatic rings. The number of halogens is 1. The largest absolute Gasteiger partial charge is 0.496 e. The molecule has 4 rings (SSSR count). The van der Waals surface area contributed by atoms with Crippen molar-refractivity contribution < 1.29 is 18.7 Å². The molecular formula is C20H23FN4O3S2. The number of carbonyl (C=O) groups excluding carboxylic acids is 2. The number of nitrogens with one attached hydrogen (secondary N) is 2. The lowest BCUT2D eigenvalue weighted by Gasteiger charge is -2.28. The van der Waals surface area contributed by atoms with Gasteiger partial charge in [0, 0.05) is 32.1 Å². The van der Waals surface area contributed by atoms with Crippen molar-refractivity contribution in [1.29, 1.82) is 0 Å². The minimum Gasteiger partial charge on any atom is -0.496 e. The van der Waals surface area contributed by atoms with Crippen LogP contribution in [-0.4, -0.2) is 55.0 Å². The van der Waals surface area contributed by atoms with Gasteiger partial charge in [0.15, 0.2) is 10.9 Å². The number of methoxy groups -OCH3 is 1.